The summed E-state index contributed by atoms with van der Waals surface area (Å²) >= 11 is 0. The summed E-state index contributed by atoms with van der Waals surface area (Å²) in [7, 11) is 0. The second kappa shape index (κ2) is 6.08. The minimum Gasteiger partial charge on any atom is -0.460 e. The van der Waals surface area contributed by atoms with Crippen molar-refractivity contribution < 1.29 is 14.3 Å². The molecule has 4 heterocycles. The number of hydrogen-bond acceptors (Lipinski definition) is 4. The van der Waals surface area contributed by atoms with E-state index >= 15 is 0 Å². The quantitative estimate of drug-likeness (QED) is 0.728. The highest BCUT2D eigenvalue weighted by Crippen LogP contribution is 2.43. The molecule has 0 aromatic rings. The Labute approximate surface area is 138 Å². The molecule has 1 amide bonds. The van der Waals surface area contributed by atoms with Crippen molar-refractivity contribution in [3.8, 4) is 0 Å². The highest BCUT2D eigenvalue weighted by atomic mass is 16.5. The van der Waals surface area contributed by atoms with Crippen LogP contribution < -0.4 is 0 Å². The molecule has 128 valence electrons. The number of rotatable bonds is 2. The van der Waals surface area contributed by atoms with Gasteiger partial charge < -0.3 is 9.64 Å². The highest BCUT2D eigenvalue weighted by molar-refractivity contribution is 5.78. The van der Waals surface area contributed by atoms with Crippen LogP contribution in [0.1, 0.15) is 51.9 Å². The lowest BCUT2D eigenvalue weighted by Gasteiger charge is -2.58. The summed E-state index contributed by atoms with van der Waals surface area (Å²) < 4.78 is 5.73. The van der Waals surface area contributed by atoms with Crippen molar-refractivity contribution in [3.05, 3.63) is 0 Å². The Kier molecular flexibility index (Phi) is 4.08. The van der Waals surface area contributed by atoms with Crippen LogP contribution in [0.5, 0.6) is 0 Å². The fourth-order valence-electron chi connectivity index (χ4n) is 5.50. The molecule has 0 aromatic carbocycles. The number of amides is 1. The molecule has 5 heteroatoms. The van der Waals surface area contributed by atoms with Crippen molar-refractivity contribution in [3.63, 3.8) is 0 Å². The summed E-state index contributed by atoms with van der Waals surface area (Å²) in [4.78, 5) is 29.0. The van der Waals surface area contributed by atoms with Crippen LogP contribution in [0.4, 0.5) is 0 Å². The molecule has 4 fully saturated rings. The maximum Gasteiger partial charge on any atom is 0.305 e. The van der Waals surface area contributed by atoms with Crippen LogP contribution in [0.25, 0.3) is 0 Å². The fraction of sp³-hybridized carbons (Fsp3) is 0.889. The van der Waals surface area contributed by atoms with Gasteiger partial charge in [-0.05, 0) is 44.1 Å². The number of ether oxygens (including phenoxy) is 1. The monoisotopic (exact) mass is 320 g/mol. The highest BCUT2D eigenvalue weighted by Gasteiger charge is 2.52. The molecule has 0 aromatic heterocycles. The average Bonchev–Trinajstić information content (AvgIpc) is 2.57. The van der Waals surface area contributed by atoms with E-state index in [-0.39, 0.29) is 24.0 Å². The van der Waals surface area contributed by atoms with Gasteiger partial charge in [0.15, 0.2) is 0 Å². The molecule has 0 aliphatic carbocycles. The number of carbonyl (C=O) groups excluding carboxylic acids is 2. The van der Waals surface area contributed by atoms with Crippen LogP contribution >= 0.6 is 0 Å². The summed E-state index contributed by atoms with van der Waals surface area (Å²) in [5.74, 6) is 1.24. The Hall–Kier alpha value is -1.10. The number of fused-ring (bicyclic) bond motifs is 6. The number of nitrogens with zero attached hydrogens (tertiary/aromatic N) is 2. The molecule has 4 saturated heterocycles. The van der Waals surface area contributed by atoms with Crippen LogP contribution in [-0.2, 0) is 14.3 Å². The van der Waals surface area contributed by atoms with E-state index in [0.29, 0.717) is 37.1 Å². The second-order valence-electron chi connectivity index (χ2n) is 7.77. The van der Waals surface area contributed by atoms with Crippen molar-refractivity contribution in [2.75, 3.05) is 19.6 Å². The predicted octanol–water partition coefficient (Wildman–Crippen LogP) is 1.80. The molecule has 0 radical (unpaired) electrons. The maximum atomic E-state index is 12.5. The summed E-state index contributed by atoms with van der Waals surface area (Å²) in [6.45, 7) is 5.00. The first-order chi connectivity index (χ1) is 11.2. The molecule has 0 N–H and O–H groups in total. The van der Waals surface area contributed by atoms with Crippen LogP contribution in [0.15, 0.2) is 0 Å². The molecule has 4 rings (SSSR count). The third-order valence-electron chi connectivity index (χ3n) is 6.47. The Bertz CT molecular complexity index is 495. The van der Waals surface area contributed by atoms with E-state index in [0.717, 1.165) is 13.1 Å². The molecule has 4 aliphatic rings. The molecule has 2 bridgehead atoms. The molecular formula is C18H28N2O3. The van der Waals surface area contributed by atoms with Gasteiger partial charge in [-0.15, -0.1) is 0 Å². The molecule has 5 nitrogen and oxygen atoms in total. The minimum absolute atomic E-state index is 0.0903. The van der Waals surface area contributed by atoms with E-state index in [1.54, 1.807) is 0 Å². The summed E-state index contributed by atoms with van der Waals surface area (Å²) in [6, 6.07) is 0.790. The van der Waals surface area contributed by atoms with Gasteiger partial charge in [0.25, 0.3) is 0 Å². The van der Waals surface area contributed by atoms with Crippen molar-refractivity contribution in [1.29, 1.82) is 0 Å². The largest absolute Gasteiger partial charge is 0.460 e. The smallest absolute Gasteiger partial charge is 0.305 e. The lowest BCUT2D eigenvalue weighted by atomic mass is 9.70. The van der Waals surface area contributed by atoms with Crippen LogP contribution in [0.3, 0.4) is 0 Å². The third-order valence-corrected chi connectivity index (χ3v) is 6.47. The molecule has 0 saturated carbocycles. The lowest BCUT2D eigenvalue weighted by Crippen LogP contribution is -2.67. The predicted molar refractivity (Wildman–Crippen MR) is 85.7 cm³/mol. The Morgan fingerprint density at radius 3 is 2.91 bits per heavy atom. The minimum atomic E-state index is -0.127. The standard InChI is InChI=1S/C18H28N2O3/c1-2-17(22)23-15-6-7-16(21)20-11-12-9-13(18(15)20)10-19-8-4-3-5-14(12)19/h12-15,18H,2-11H2,1H3/t12?,13?,14?,15-,18?/m0/s1. The number of carbonyl (C=O) groups is 2. The second-order valence-corrected chi connectivity index (χ2v) is 7.77. The van der Waals surface area contributed by atoms with E-state index in [4.69, 9.17) is 4.74 Å². The Morgan fingerprint density at radius 1 is 1.22 bits per heavy atom. The van der Waals surface area contributed by atoms with Gasteiger partial charge in [-0.2, -0.15) is 0 Å². The molecule has 0 spiro atoms. The zero-order valence-corrected chi connectivity index (χ0v) is 14.1. The van der Waals surface area contributed by atoms with Crippen LogP contribution in [0.2, 0.25) is 0 Å². The zero-order valence-electron chi connectivity index (χ0n) is 14.1. The normalized spacial score (nSPS) is 40.3. The van der Waals surface area contributed by atoms with Gasteiger partial charge in [-0.25, -0.2) is 0 Å². The van der Waals surface area contributed by atoms with Crippen molar-refractivity contribution in [2.24, 2.45) is 11.8 Å². The maximum absolute atomic E-state index is 12.5. The van der Waals surface area contributed by atoms with Gasteiger partial charge in [0.05, 0.1) is 6.04 Å². The fourth-order valence-corrected chi connectivity index (χ4v) is 5.50. The van der Waals surface area contributed by atoms with E-state index in [1.807, 2.05) is 6.92 Å². The zero-order chi connectivity index (χ0) is 16.0. The van der Waals surface area contributed by atoms with E-state index < -0.39 is 0 Å². The van der Waals surface area contributed by atoms with Gasteiger partial charge in [-0.1, -0.05) is 13.3 Å². The number of piperidine rings is 4. The topological polar surface area (TPSA) is 49.9 Å². The van der Waals surface area contributed by atoms with Gasteiger partial charge >= 0.3 is 5.97 Å². The summed E-state index contributed by atoms with van der Waals surface area (Å²) in [6.07, 6.45) is 6.69. The number of esters is 1. The van der Waals surface area contributed by atoms with Crippen molar-refractivity contribution in [1.82, 2.24) is 9.80 Å². The first-order valence-electron chi connectivity index (χ1n) is 9.40. The van der Waals surface area contributed by atoms with Crippen LogP contribution in [0, 0.1) is 11.8 Å². The van der Waals surface area contributed by atoms with Gasteiger partial charge in [0.1, 0.15) is 6.10 Å². The Balaban J connectivity index is 1.57. The first kappa shape index (κ1) is 15.4. The first-order valence-corrected chi connectivity index (χ1v) is 9.40. The summed E-state index contributed by atoms with van der Waals surface area (Å²) in [5, 5.41) is 0. The van der Waals surface area contributed by atoms with Gasteiger partial charge in [0, 0.05) is 32.0 Å². The lowest BCUT2D eigenvalue weighted by molar-refractivity contribution is -0.175. The SMILES string of the molecule is CCC(=O)O[C@H]1CCC(=O)N2CC3CC(CN4CCCCC34)C12. The van der Waals surface area contributed by atoms with Crippen LogP contribution in [-0.4, -0.2) is 59.5 Å². The molecule has 5 atom stereocenters. The molecule has 4 unspecified atom stereocenters. The van der Waals surface area contributed by atoms with E-state index in [9.17, 15) is 9.59 Å². The van der Waals surface area contributed by atoms with Crippen molar-refractivity contribution >= 4 is 11.9 Å². The summed E-state index contributed by atoms with van der Waals surface area (Å²) in [5.41, 5.74) is 0. The molecule has 4 aliphatic heterocycles. The molecule has 23 heavy (non-hydrogen) atoms. The molecular weight excluding hydrogens is 292 g/mol. The Morgan fingerprint density at radius 2 is 2.09 bits per heavy atom. The average molecular weight is 320 g/mol. The van der Waals surface area contributed by atoms with Crippen molar-refractivity contribution in [2.45, 2.75) is 70.1 Å². The van der Waals surface area contributed by atoms with E-state index in [1.165, 1.54) is 32.2 Å². The van der Waals surface area contributed by atoms with Gasteiger partial charge in [0.2, 0.25) is 5.91 Å². The van der Waals surface area contributed by atoms with E-state index in [2.05, 4.69) is 9.80 Å². The third kappa shape index (κ3) is 2.67. The van der Waals surface area contributed by atoms with Gasteiger partial charge in [-0.3, -0.25) is 14.5 Å². The number of hydrogen-bond donors (Lipinski definition) is 0.